The normalized spacial score (nSPS) is 17.6. The van der Waals surface area contributed by atoms with Gasteiger partial charge in [0.15, 0.2) is 5.95 Å². The Morgan fingerprint density at radius 3 is 2.83 bits per heavy atom. The van der Waals surface area contributed by atoms with Crippen LogP contribution in [0.4, 0.5) is 10.7 Å². The predicted molar refractivity (Wildman–Crippen MR) is 98.0 cm³/mol. The quantitative estimate of drug-likeness (QED) is 0.606. The molecule has 7 nitrogen and oxygen atoms in total. The van der Waals surface area contributed by atoms with Crippen LogP contribution in [0.15, 0.2) is 15.1 Å². The molecule has 2 aromatic rings. The Morgan fingerprint density at radius 1 is 1.46 bits per heavy atom. The minimum Gasteiger partial charge on any atom is -0.443 e. The molecule has 3 heterocycles. The number of nitrogens with one attached hydrogen (secondary N) is 2. The van der Waals surface area contributed by atoms with E-state index in [2.05, 4.69) is 47.1 Å². The molecule has 0 spiro atoms. The number of hydrogen-bond acceptors (Lipinski definition) is 5. The molecule has 0 saturated carbocycles. The lowest BCUT2D eigenvalue weighted by molar-refractivity contribution is 0.0527. The first-order chi connectivity index (χ1) is 11.2. The molecule has 1 aliphatic rings. The SMILES string of the molecule is CC(C)(C)OC(=O)n1c(C2NCCc3[nH]c(N)nc32)cc(Br)c1Br. The van der Waals surface area contributed by atoms with E-state index in [-0.39, 0.29) is 6.04 Å². The van der Waals surface area contributed by atoms with Gasteiger partial charge in [0.25, 0.3) is 0 Å². The number of anilines is 1. The zero-order chi connectivity index (χ0) is 17.6. The lowest BCUT2D eigenvalue weighted by Crippen LogP contribution is -2.34. The summed E-state index contributed by atoms with van der Waals surface area (Å²) in [5.41, 5.74) is 7.74. The second kappa shape index (κ2) is 6.20. The summed E-state index contributed by atoms with van der Waals surface area (Å²) < 4.78 is 8.41. The average Bonchev–Trinajstić information content (AvgIpc) is 2.96. The maximum absolute atomic E-state index is 12.7. The number of nitrogens with two attached hydrogens (primary N) is 1. The number of carbonyl (C=O) groups excluding carboxylic acids is 1. The topological polar surface area (TPSA) is 98.0 Å². The lowest BCUT2D eigenvalue weighted by Gasteiger charge is -2.26. The molecule has 0 aliphatic carbocycles. The van der Waals surface area contributed by atoms with Crippen molar-refractivity contribution in [2.24, 2.45) is 0 Å². The summed E-state index contributed by atoms with van der Waals surface area (Å²) in [5, 5.41) is 3.40. The minimum absolute atomic E-state index is 0.252. The predicted octanol–water partition coefficient (Wildman–Crippen LogP) is 3.34. The van der Waals surface area contributed by atoms with Crippen LogP contribution in [0.1, 0.15) is 43.9 Å². The molecule has 1 unspecified atom stereocenters. The zero-order valence-corrected chi connectivity index (χ0v) is 16.8. The molecule has 2 aromatic heterocycles. The van der Waals surface area contributed by atoms with Crippen LogP contribution in [0.2, 0.25) is 0 Å². The molecular weight excluding hydrogens is 442 g/mol. The van der Waals surface area contributed by atoms with Gasteiger partial charge in [0.05, 0.1) is 21.9 Å². The van der Waals surface area contributed by atoms with Gasteiger partial charge >= 0.3 is 6.09 Å². The molecule has 4 N–H and O–H groups in total. The van der Waals surface area contributed by atoms with E-state index in [9.17, 15) is 4.79 Å². The van der Waals surface area contributed by atoms with Crippen molar-refractivity contribution in [3.05, 3.63) is 32.2 Å². The van der Waals surface area contributed by atoms with Crippen molar-refractivity contribution in [1.29, 1.82) is 0 Å². The molecule has 0 amide bonds. The van der Waals surface area contributed by atoms with Crippen molar-refractivity contribution in [3.63, 3.8) is 0 Å². The number of aromatic amines is 1. The van der Waals surface area contributed by atoms with E-state index >= 15 is 0 Å². The first kappa shape index (κ1) is 17.5. The average molecular weight is 461 g/mol. The lowest BCUT2D eigenvalue weighted by atomic mass is 10.0. The standard InChI is InChI=1S/C15H19Br2N5O2/c1-15(2,3)24-14(23)22-9(6-7(16)12(22)17)11-10-8(4-5-19-11)20-13(18)21-10/h6,11,19H,4-5H2,1-3H3,(H3,18,20,21). The molecule has 0 aromatic carbocycles. The highest BCUT2D eigenvalue weighted by atomic mass is 79.9. The minimum atomic E-state index is -0.591. The van der Waals surface area contributed by atoms with Crippen LogP contribution >= 0.6 is 31.9 Å². The van der Waals surface area contributed by atoms with Crippen molar-refractivity contribution in [2.75, 3.05) is 12.3 Å². The number of rotatable bonds is 1. The van der Waals surface area contributed by atoms with Crippen LogP contribution < -0.4 is 11.1 Å². The van der Waals surface area contributed by atoms with Crippen LogP contribution in [0.5, 0.6) is 0 Å². The van der Waals surface area contributed by atoms with Crippen LogP contribution in [0.3, 0.4) is 0 Å². The summed E-state index contributed by atoms with van der Waals surface area (Å²) in [6.07, 6.45) is 0.360. The third-order valence-electron chi connectivity index (χ3n) is 3.62. The molecule has 1 atom stereocenters. The van der Waals surface area contributed by atoms with E-state index in [4.69, 9.17) is 10.5 Å². The third-order valence-corrected chi connectivity index (χ3v) is 5.54. The molecular formula is C15H19Br2N5O2. The number of ether oxygens (including phenoxy) is 1. The van der Waals surface area contributed by atoms with Crippen molar-refractivity contribution < 1.29 is 9.53 Å². The number of aromatic nitrogens is 3. The molecule has 0 bridgehead atoms. The smallest absolute Gasteiger partial charge is 0.419 e. The van der Waals surface area contributed by atoms with Gasteiger partial charge in [0.1, 0.15) is 10.2 Å². The van der Waals surface area contributed by atoms with E-state index in [1.165, 1.54) is 4.57 Å². The van der Waals surface area contributed by atoms with E-state index < -0.39 is 11.7 Å². The van der Waals surface area contributed by atoms with Gasteiger partial charge in [-0.15, -0.1) is 0 Å². The zero-order valence-electron chi connectivity index (χ0n) is 13.6. The molecule has 9 heteroatoms. The highest BCUT2D eigenvalue weighted by molar-refractivity contribution is 9.13. The maximum Gasteiger partial charge on any atom is 0.419 e. The Balaban J connectivity index is 2.07. The molecule has 0 fully saturated rings. The largest absolute Gasteiger partial charge is 0.443 e. The monoisotopic (exact) mass is 459 g/mol. The fraction of sp³-hybridized carbons (Fsp3) is 0.467. The van der Waals surface area contributed by atoms with Crippen LogP contribution in [0, 0.1) is 0 Å². The van der Waals surface area contributed by atoms with Gasteiger partial charge in [0.2, 0.25) is 0 Å². The number of nitrogens with zero attached hydrogens (tertiary/aromatic N) is 2. The first-order valence-corrected chi connectivity index (χ1v) is 9.13. The van der Waals surface area contributed by atoms with Crippen molar-refractivity contribution in [1.82, 2.24) is 19.9 Å². The fourth-order valence-electron chi connectivity index (χ4n) is 2.74. The molecule has 0 saturated heterocycles. The number of imidazole rings is 1. The van der Waals surface area contributed by atoms with Crippen molar-refractivity contribution in [2.45, 2.75) is 38.8 Å². The number of hydrogen-bond donors (Lipinski definition) is 3. The van der Waals surface area contributed by atoms with E-state index in [0.29, 0.717) is 10.6 Å². The molecule has 3 rings (SSSR count). The Morgan fingerprint density at radius 2 is 2.17 bits per heavy atom. The van der Waals surface area contributed by atoms with Crippen molar-refractivity contribution >= 4 is 43.9 Å². The molecule has 0 radical (unpaired) electrons. The first-order valence-electron chi connectivity index (χ1n) is 7.55. The summed E-state index contributed by atoms with van der Waals surface area (Å²) in [6.45, 7) is 6.27. The summed E-state index contributed by atoms with van der Waals surface area (Å²) in [7, 11) is 0. The molecule has 1 aliphatic heterocycles. The summed E-state index contributed by atoms with van der Waals surface area (Å²) in [5.74, 6) is 0.377. The van der Waals surface area contributed by atoms with Crippen LogP contribution in [-0.2, 0) is 11.2 Å². The van der Waals surface area contributed by atoms with Gasteiger partial charge in [-0.05, 0) is 58.7 Å². The second-order valence-corrected chi connectivity index (χ2v) is 8.25. The number of fused-ring (bicyclic) bond motifs is 1. The second-order valence-electron chi connectivity index (χ2n) is 6.65. The highest BCUT2D eigenvalue weighted by Crippen LogP contribution is 2.35. The number of nitrogen functional groups attached to an aromatic ring is 1. The van der Waals surface area contributed by atoms with Crippen LogP contribution in [-0.4, -0.2) is 32.8 Å². The Hall–Kier alpha value is -1.32. The number of H-pyrrole nitrogens is 1. The fourth-order valence-corrected chi connectivity index (χ4v) is 3.61. The Bertz CT molecular complexity index is 791. The van der Waals surface area contributed by atoms with E-state index in [1.807, 2.05) is 26.8 Å². The number of halogens is 2. The van der Waals surface area contributed by atoms with Gasteiger partial charge in [-0.2, -0.15) is 0 Å². The third kappa shape index (κ3) is 3.25. The van der Waals surface area contributed by atoms with Crippen molar-refractivity contribution in [3.8, 4) is 0 Å². The molecule has 24 heavy (non-hydrogen) atoms. The van der Waals surface area contributed by atoms with E-state index in [0.717, 1.165) is 34.5 Å². The van der Waals surface area contributed by atoms with E-state index in [1.54, 1.807) is 0 Å². The van der Waals surface area contributed by atoms with Gasteiger partial charge in [0, 0.05) is 18.7 Å². The summed E-state index contributed by atoms with van der Waals surface area (Å²) in [4.78, 5) is 20.2. The molecule has 130 valence electrons. The van der Waals surface area contributed by atoms with Crippen LogP contribution in [0.25, 0.3) is 0 Å². The Kier molecular flexibility index (Phi) is 4.52. The maximum atomic E-state index is 12.7. The highest BCUT2D eigenvalue weighted by Gasteiger charge is 2.32. The van der Waals surface area contributed by atoms with Gasteiger partial charge < -0.3 is 20.8 Å². The summed E-state index contributed by atoms with van der Waals surface area (Å²) >= 11 is 6.93. The van der Waals surface area contributed by atoms with Gasteiger partial charge in [-0.25, -0.2) is 14.3 Å². The van der Waals surface area contributed by atoms with Gasteiger partial charge in [-0.3, -0.25) is 0 Å². The number of carbonyl (C=O) groups is 1. The summed E-state index contributed by atoms with van der Waals surface area (Å²) in [6, 6.07) is 1.63. The Labute approximate surface area is 156 Å². The van der Waals surface area contributed by atoms with Gasteiger partial charge in [-0.1, -0.05) is 0 Å².